The van der Waals surface area contributed by atoms with Crippen LogP contribution in [0.25, 0.3) is 10.9 Å². The summed E-state index contributed by atoms with van der Waals surface area (Å²) in [5.41, 5.74) is 3.83. The third-order valence-corrected chi connectivity index (χ3v) is 2.87. The van der Waals surface area contributed by atoms with Gasteiger partial charge in [0.15, 0.2) is 0 Å². The molecule has 1 N–H and O–H groups in total. The third kappa shape index (κ3) is 1.63. The number of aromatic nitrogens is 2. The van der Waals surface area contributed by atoms with E-state index in [-0.39, 0.29) is 0 Å². The molecule has 0 aliphatic rings. The zero-order valence-electron chi connectivity index (χ0n) is 8.60. The first-order valence-corrected chi connectivity index (χ1v) is 5.09. The number of halogens is 1. The number of nitrogens with zero attached hydrogens (tertiary/aromatic N) is 1. The van der Waals surface area contributed by atoms with Gasteiger partial charge in [-0.25, -0.2) is 4.98 Å². The molecule has 0 amide bonds. The number of rotatable bonds is 2. The minimum atomic E-state index is 0.378. The van der Waals surface area contributed by atoms with Crippen molar-refractivity contribution < 1.29 is 4.79 Å². The topological polar surface area (TPSA) is 45.8 Å². The second-order valence-corrected chi connectivity index (χ2v) is 3.93. The number of hydrogen-bond donors (Lipinski definition) is 1. The number of nitrogens with one attached hydrogen (secondary N) is 1. The smallest absolute Gasteiger partial charge is 0.138 e. The average molecular weight is 223 g/mol. The van der Waals surface area contributed by atoms with E-state index in [9.17, 15) is 4.79 Å². The molecule has 2 aromatic heterocycles. The van der Waals surface area contributed by atoms with Crippen LogP contribution in [0.5, 0.6) is 0 Å². The summed E-state index contributed by atoms with van der Waals surface area (Å²) in [4.78, 5) is 17.8. The molecule has 0 saturated heterocycles. The molecule has 0 spiro atoms. The first-order chi connectivity index (χ1) is 7.13. The van der Waals surface area contributed by atoms with E-state index in [2.05, 4.69) is 9.97 Å². The molecule has 4 heteroatoms. The number of pyridine rings is 1. The number of hydrogen-bond acceptors (Lipinski definition) is 2. The van der Waals surface area contributed by atoms with Gasteiger partial charge in [0.25, 0.3) is 0 Å². The Morgan fingerprint density at radius 3 is 2.93 bits per heavy atom. The number of H-pyrrole nitrogens is 1. The van der Waals surface area contributed by atoms with Crippen molar-refractivity contribution in [3.63, 3.8) is 0 Å². The lowest BCUT2D eigenvalue weighted by molar-refractivity contribution is -0.107. The van der Waals surface area contributed by atoms with Crippen LogP contribution >= 0.6 is 11.6 Å². The summed E-state index contributed by atoms with van der Waals surface area (Å²) in [6.45, 7) is 3.91. The quantitative estimate of drug-likeness (QED) is 0.627. The van der Waals surface area contributed by atoms with Crippen molar-refractivity contribution in [3.05, 3.63) is 28.2 Å². The molecule has 0 aromatic carbocycles. The number of fused-ring (bicyclic) bond motifs is 1. The van der Waals surface area contributed by atoms with Crippen molar-refractivity contribution in [2.75, 3.05) is 0 Å². The maximum atomic E-state index is 10.4. The molecule has 0 atom stereocenters. The van der Waals surface area contributed by atoms with E-state index in [0.29, 0.717) is 11.6 Å². The number of carbonyl (C=O) groups is 1. The van der Waals surface area contributed by atoms with Crippen LogP contribution in [0.4, 0.5) is 0 Å². The fraction of sp³-hybridized carbons (Fsp3) is 0.273. The van der Waals surface area contributed by atoms with Gasteiger partial charge in [-0.3, -0.25) is 0 Å². The van der Waals surface area contributed by atoms with E-state index in [4.69, 9.17) is 11.6 Å². The third-order valence-electron chi connectivity index (χ3n) is 2.58. The normalized spacial score (nSPS) is 10.9. The van der Waals surface area contributed by atoms with Gasteiger partial charge < -0.3 is 9.78 Å². The van der Waals surface area contributed by atoms with Gasteiger partial charge in [-0.1, -0.05) is 11.6 Å². The first-order valence-electron chi connectivity index (χ1n) is 4.71. The van der Waals surface area contributed by atoms with Crippen LogP contribution in [-0.2, 0) is 11.2 Å². The lowest BCUT2D eigenvalue weighted by Crippen LogP contribution is -1.89. The van der Waals surface area contributed by atoms with Crippen LogP contribution < -0.4 is 0 Å². The highest BCUT2D eigenvalue weighted by Gasteiger charge is 2.10. The van der Waals surface area contributed by atoms with Crippen molar-refractivity contribution >= 4 is 28.8 Å². The summed E-state index contributed by atoms with van der Waals surface area (Å²) in [5, 5.41) is 1.37. The van der Waals surface area contributed by atoms with Gasteiger partial charge in [0, 0.05) is 23.2 Å². The van der Waals surface area contributed by atoms with Crippen LogP contribution in [0.2, 0.25) is 5.15 Å². The van der Waals surface area contributed by atoms with Crippen molar-refractivity contribution in [1.82, 2.24) is 9.97 Å². The lowest BCUT2D eigenvalue weighted by Gasteiger charge is -2.01. The van der Waals surface area contributed by atoms with Crippen molar-refractivity contribution in [2.24, 2.45) is 0 Å². The maximum Gasteiger partial charge on any atom is 0.138 e. The van der Waals surface area contributed by atoms with Crippen LogP contribution in [0.1, 0.15) is 17.0 Å². The minimum absolute atomic E-state index is 0.378. The van der Waals surface area contributed by atoms with Gasteiger partial charge in [-0.2, -0.15) is 0 Å². The van der Waals surface area contributed by atoms with Crippen LogP contribution in [-0.4, -0.2) is 16.3 Å². The standard InChI is InChI=1S/C11H11ClN2O/c1-6-7(2)13-11(12)9-5-8(3-4-15)14-10(6)9/h4-5,14H,3H2,1-2H3. The van der Waals surface area contributed by atoms with E-state index in [1.807, 2.05) is 19.9 Å². The summed E-state index contributed by atoms with van der Waals surface area (Å²) in [6, 6.07) is 1.88. The Morgan fingerprint density at radius 1 is 1.53 bits per heavy atom. The van der Waals surface area contributed by atoms with Crippen LogP contribution in [0.3, 0.4) is 0 Å². The zero-order valence-corrected chi connectivity index (χ0v) is 9.35. The highest BCUT2D eigenvalue weighted by atomic mass is 35.5. The fourth-order valence-corrected chi connectivity index (χ4v) is 1.92. The fourth-order valence-electron chi connectivity index (χ4n) is 1.64. The number of aryl methyl sites for hydroxylation is 2. The largest absolute Gasteiger partial charge is 0.358 e. The van der Waals surface area contributed by atoms with E-state index in [1.165, 1.54) is 0 Å². The summed E-state index contributed by atoms with van der Waals surface area (Å²) in [7, 11) is 0. The van der Waals surface area contributed by atoms with Crippen LogP contribution in [0, 0.1) is 13.8 Å². The molecule has 0 aliphatic carbocycles. The Morgan fingerprint density at radius 2 is 2.27 bits per heavy atom. The molecule has 0 saturated carbocycles. The van der Waals surface area contributed by atoms with Crippen molar-refractivity contribution in [1.29, 1.82) is 0 Å². The highest BCUT2D eigenvalue weighted by Crippen LogP contribution is 2.26. The molecule has 0 unspecified atom stereocenters. The Hall–Kier alpha value is -1.35. The molecule has 0 bridgehead atoms. The molecule has 0 radical (unpaired) electrons. The average Bonchev–Trinajstić information content (AvgIpc) is 2.60. The Bertz CT molecular complexity index is 531. The predicted molar refractivity (Wildman–Crippen MR) is 60.3 cm³/mol. The SMILES string of the molecule is Cc1nc(Cl)c2cc(CC=O)[nH]c2c1C. The summed E-state index contributed by atoms with van der Waals surface area (Å²) in [6.07, 6.45) is 1.25. The van der Waals surface area contributed by atoms with Gasteiger partial charge in [-0.15, -0.1) is 0 Å². The monoisotopic (exact) mass is 222 g/mol. The zero-order chi connectivity index (χ0) is 11.0. The summed E-state index contributed by atoms with van der Waals surface area (Å²) < 4.78 is 0. The summed E-state index contributed by atoms with van der Waals surface area (Å²) >= 11 is 6.03. The van der Waals surface area contributed by atoms with Gasteiger partial charge in [0.05, 0.1) is 5.52 Å². The van der Waals surface area contributed by atoms with E-state index in [0.717, 1.165) is 34.1 Å². The maximum absolute atomic E-state index is 10.4. The van der Waals surface area contributed by atoms with Gasteiger partial charge >= 0.3 is 0 Å². The molecular formula is C11H11ClN2O. The Balaban J connectivity index is 2.73. The van der Waals surface area contributed by atoms with E-state index in [1.54, 1.807) is 0 Å². The van der Waals surface area contributed by atoms with Crippen LogP contribution in [0.15, 0.2) is 6.07 Å². The second kappa shape index (κ2) is 3.66. The number of carbonyl (C=O) groups excluding carboxylic acids is 1. The van der Waals surface area contributed by atoms with E-state index < -0.39 is 0 Å². The first kappa shape index (κ1) is 10.2. The molecule has 0 fully saturated rings. The van der Waals surface area contributed by atoms with Gasteiger partial charge in [0.1, 0.15) is 11.4 Å². The molecule has 2 aromatic rings. The van der Waals surface area contributed by atoms with Crippen molar-refractivity contribution in [2.45, 2.75) is 20.3 Å². The number of aromatic amines is 1. The molecule has 3 nitrogen and oxygen atoms in total. The second-order valence-electron chi connectivity index (χ2n) is 3.57. The Labute approximate surface area is 92.5 Å². The minimum Gasteiger partial charge on any atom is -0.358 e. The predicted octanol–water partition coefficient (Wildman–Crippen LogP) is 2.57. The summed E-state index contributed by atoms with van der Waals surface area (Å²) in [5.74, 6) is 0. The number of aldehydes is 1. The van der Waals surface area contributed by atoms with E-state index >= 15 is 0 Å². The van der Waals surface area contributed by atoms with Crippen molar-refractivity contribution in [3.8, 4) is 0 Å². The Kier molecular flexibility index (Phi) is 2.49. The lowest BCUT2D eigenvalue weighted by atomic mass is 10.2. The molecular weight excluding hydrogens is 212 g/mol. The molecule has 2 rings (SSSR count). The molecule has 0 aliphatic heterocycles. The van der Waals surface area contributed by atoms with Gasteiger partial charge in [0.2, 0.25) is 0 Å². The molecule has 15 heavy (non-hydrogen) atoms. The highest BCUT2D eigenvalue weighted by molar-refractivity contribution is 6.34. The van der Waals surface area contributed by atoms with Gasteiger partial charge in [-0.05, 0) is 25.5 Å². The molecule has 78 valence electrons. The molecule has 2 heterocycles.